The Morgan fingerprint density at radius 3 is 2.27 bits per heavy atom. The van der Waals surface area contributed by atoms with E-state index in [0.29, 0.717) is 45.0 Å². The van der Waals surface area contributed by atoms with Crippen LogP contribution in [0.15, 0.2) is 24.3 Å². The van der Waals surface area contributed by atoms with Crippen molar-refractivity contribution in [2.45, 2.75) is 18.9 Å². The number of phenols is 1. The van der Waals surface area contributed by atoms with Crippen molar-refractivity contribution >= 4 is 24.2 Å². The Kier molecular flexibility index (Phi) is 7.25. The van der Waals surface area contributed by atoms with Gasteiger partial charge in [0, 0.05) is 39.4 Å². The summed E-state index contributed by atoms with van der Waals surface area (Å²) in [6.45, 7) is 3.14. The van der Waals surface area contributed by atoms with Crippen molar-refractivity contribution in [3.63, 3.8) is 0 Å². The van der Waals surface area contributed by atoms with Gasteiger partial charge in [-0.1, -0.05) is 12.1 Å². The number of rotatable bonds is 3. The van der Waals surface area contributed by atoms with Crippen molar-refractivity contribution in [3.8, 4) is 5.75 Å². The number of halogens is 1. The van der Waals surface area contributed by atoms with Crippen LogP contribution in [0.4, 0.5) is 0 Å². The normalized spacial score (nSPS) is 19.6. The molecule has 3 N–H and O–H groups in total. The Morgan fingerprint density at radius 1 is 1.08 bits per heavy atom. The summed E-state index contributed by atoms with van der Waals surface area (Å²) in [5.74, 6) is -0.102. The fourth-order valence-electron chi connectivity index (χ4n) is 3.44. The summed E-state index contributed by atoms with van der Waals surface area (Å²) in [6.07, 6.45) is 1.64. The molecular formula is C18H26ClN3O4. The predicted octanol–water partition coefficient (Wildman–Crippen LogP) is 0.852. The summed E-state index contributed by atoms with van der Waals surface area (Å²) in [5, 5.41) is 9.83. The van der Waals surface area contributed by atoms with E-state index < -0.39 is 6.04 Å². The molecule has 2 aliphatic rings. The number of aromatic hydroxyl groups is 1. The third kappa shape index (κ3) is 4.47. The Balaban J connectivity index is 0.00000243. The molecule has 1 aromatic rings. The lowest BCUT2D eigenvalue weighted by molar-refractivity contribution is -0.136. The summed E-state index contributed by atoms with van der Waals surface area (Å²) in [5.41, 5.74) is 6.46. The average molecular weight is 384 g/mol. The van der Waals surface area contributed by atoms with Gasteiger partial charge in [-0.05, 0) is 30.9 Å². The zero-order chi connectivity index (χ0) is 17.8. The van der Waals surface area contributed by atoms with Gasteiger partial charge in [0.2, 0.25) is 5.91 Å². The highest BCUT2D eigenvalue weighted by atomic mass is 35.5. The number of nitrogens with two attached hydrogens (primary N) is 1. The number of ether oxygens (including phenoxy) is 1. The first-order valence-electron chi connectivity index (χ1n) is 8.77. The Hall–Kier alpha value is -1.83. The zero-order valence-electron chi connectivity index (χ0n) is 14.7. The fraction of sp³-hybridized carbons (Fsp3) is 0.556. The van der Waals surface area contributed by atoms with Crippen molar-refractivity contribution in [1.82, 2.24) is 9.80 Å². The van der Waals surface area contributed by atoms with Crippen molar-refractivity contribution in [2.24, 2.45) is 11.7 Å². The van der Waals surface area contributed by atoms with E-state index in [2.05, 4.69) is 0 Å². The van der Waals surface area contributed by atoms with E-state index in [1.807, 2.05) is 0 Å². The van der Waals surface area contributed by atoms with Crippen molar-refractivity contribution in [2.75, 3.05) is 39.4 Å². The molecule has 0 radical (unpaired) electrons. The summed E-state index contributed by atoms with van der Waals surface area (Å²) in [4.78, 5) is 28.5. The van der Waals surface area contributed by atoms with Gasteiger partial charge in [0.15, 0.2) is 0 Å². The van der Waals surface area contributed by atoms with Crippen LogP contribution < -0.4 is 5.73 Å². The van der Waals surface area contributed by atoms with Crippen LogP contribution in [0.3, 0.4) is 0 Å². The minimum atomic E-state index is -0.496. The molecule has 2 aliphatic heterocycles. The Labute approximate surface area is 159 Å². The van der Waals surface area contributed by atoms with Gasteiger partial charge in [-0.25, -0.2) is 0 Å². The van der Waals surface area contributed by atoms with Crippen LogP contribution in [0.2, 0.25) is 0 Å². The van der Waals surface area contributed by atoms with E-state index in [1.165, 1.54) is 6.07 Å². The van der Waals surface area contributed by atoms with Crippen molar-refractivity contribution in [1.29, 1.82) is 0 Å². The molecule has 2 saturated heterocycles. The zero-order valence-corrected chi connectivity index (χ0v) is 15.5. The largest absolute Gasteiger partial charge is 0.507 e. The summed E-state index contributed by atoms with van der Waals surface area (Å²) < 4.78 is 5.32. The van der Waals surface area contributed by atoms with Gasteiger partial charge < -0.3 is 25.4 Å². The van der Waals surface area contributed by atoms with Gasteiger partial charge in [-0.2, -0.15) is 0 Å². The molecule has 2 heterocycles. The molecule has 0 spiro atoms. The van der Waals surface area contributed by atoms with Gasteiger partial charge in [-0.15, -0.1) is 12.4 Å². The third-order valence-electron chi connectivity index (χ3n) is 5.07. The number of piperazine rings is 1. The molecule has 0 aliphatic carbocycles. The number of carbonyl (C=O) groups is 2. The van der Waals surface area contributed by atoms with Crippen LogP contribution in [-0.2, 0) is 9.53 Å². The molecule has 144 valence electrons. The van der Waals surface area contributed by atoms with Crippen LogP contribution in [0, 0.1) is 5.92 Å². The lowest BCUT2D eigenvalue weighted by atomic mass is 9.91. The highest BCUT2D eigenvalue weighted by molar-refractivity contribution is 5.97. The number of para-hydroxylation sites is 1. The first-order valence-corrected chi connectivity index (χ1v) is 8.77. The second-order valence-electron chi connectivity index (χ2n) is 6.61. The van der Waals surface area contributed by atoms with E-state index >= 15 is 0 Å². The molecule has 1 aromatic carbocycles. The van der Waals surface area contributed by atoms with Gasteiger partial charge in [0.1, 0.15) is 5.75 Å². The molecule has 2 amide bonds. The molecule has 3 rings (SSSR count). The first-order chi connectivity index (χ1) is 12.1. The Morgan fingerprint density at radius 2 is 1.65 bits per heavy atom. The van der Waals surface area contributed by atoms with E-state index in [9.17, 15) is 14.7 Å². The van der Waals surface area contributed by atoms with Gasteiger partial charge in [0.25, 0.3) is 5.91 Å². The SMILES string of the molecule is Cl.NC(C(=O)N1CCN(C(=O)c2ccccc2O)CC1)C1CCOCC1. The second kappa shape index (κ2) is 9.21. The number of nitrogens with zero attached hydrogens (tertiary/aromatic N) is 2. The number of hydrogen-bond acceptors (Lipinski definition) is 5. The van der Waals surface area contributed by atoms with Gasteiger partial charge in [0.05, 0.1) is 11.6 Å². The minimum Gasteiger partial charge on any atom is -0.507 e. The first kappa shape index (κ1) is 20.5. The molecule has 0 aromatic heterocycles. The minimum absolute atomic E-state index is 0. The van der Waals surface area contributed by atoms with Crippen LogP contribution in [0.5, 0.6) is 5.75 Å². The van der Waals surface area contributed by atoms with Crippen LogP contribution >= 0.6 is 12.4 Å². The lowest BCUT2D eigenvalue weighted by Crippen LogP contribution is -2.56. The van der Waals surface area contributed by atoms with Crippen molar-refractivity contribution < 1.29 is 19.4 Å². The van der Waals surface area contributed by atoms with E-state index in [0.717, 1.165) is 12.8 Å². The number of amides is 2. The van der Waals surface area contributed by atoms with E-state index in [1.54, 1.807) is 28.0 Å². The van der Waals surface area contributed by atoms with Crippen LogP contribution in [-0.4, -0.2) is 72.2 Å². The van der Waals surface area contributed by atoms with E-state index in [4.69, 9.17) is 10.5 Å². The number of hydrogen-bond donors (Lipinski definition) is 2. The van der Waals surface area contributed by atoms with Crippen molar-refractivity contribution in [3.05, 3.63) is 29.8 Å². The van der Waals surface area contributed by atoms with E-state index in [-0.39, 0.29) is 35.9 Å². The van der Waals surface area contributed by atoms with Crippen LogP contribution in [0.25, 0.3) is 0 Å². The highest BCUT2D eigenvalue weighted by Crippen LogP contribution is 2.21. The topological polar surface area (TPSA) is 96.1 Å². The van der Waals surface area contributed by atoms with Gasteiger partial charge >= 0.3 is 0 Å². The molecule has 1 atom stereocenters. The molecule has 0 bridgehead atoms. The predicted molar refractivity (Wildman–Crippen MR) is 99.4 cm³/mol. The van der Waals surface area contributed by atoms with Crippen LogP contribution in [0.1, 0.15) is 23.2 Å². The summed E-state index contributed by atoms with van der Waals surface area (Å²) in [6, 6.07) is 6.01. The molecule has 1 unspecified atom stereocenters. The maximum absolute atomic E-state index is 12.6. The second-order valence-corrected chi connectivity index (χ2v) is 6.61. The molecular weight excluding hydrogens is 358 g/mol. The number of benzene rings is 1. The molecule has 7 nitrogen and oxygen atoms in total. The molecule has 2 fully saturated rings. The molecule has 26 heavy (non-hydrogen) atoms. The standard InChI is InChI=1S/C18H25N3O4.ClH/c19-16(13-5-11-25-12-6-13)18(24)21-9-7-20(8-10-21)17(23)14-3-1-2-4-15(14)22;/h1-4,13,16,22H,5-12,19H2;1H. The highest BCUT2D eigenvalue weighted by Gasteiger charge is 2.32. The van der Waals surface area contributed by atoms with Gasteiger partial charge in [-0.3, -0.25) is 9.59 Å². The molecule has 0 saturated carbocycles. The third-order valence-corrected chi connectivity index (χ3v) is 5.07. The maximum atomic E-state index is 12.6. The average Bonchev–Trinajstić information content (AvgIpc) is 2.67. The molecule has 8 heteroatoms. The number of phenolic OH excluding ortho intramolecular Hbond substituents is 1. The maximum Gasteiger partial charge on any atom is 0.257 e. The Bertz CT molecular complexity index is 629. The smallest absolute Gasteiger partial charge is 0.257 e. The quantitative estimate of drug-likeness (QED) is 0.806. The fourth-order valence-corrected chi connectivity index (χ4v) is 3.44. The summed E-state index contributed by atoms with van der Waals surface area (Å²) in [7, 11) is 0. The number of carbonyl (C=O) groups excluding carboxylic acids is 2. The monoisotopic (exact) mass is 383 g/mol. The lowest BCUT2D eigenvalue weighted by Gasteiger charge is -2.37. The summed E-state index contributed by atoms with van der Waals surface area (Å²) >= 11 is 0.